The molecule has 1 aromatic rings. The highest BCUT2D eigenvalue weighted by Gasteiger charge is 2.15. The molecule has 2 N–H and O–H groups in total. The number of hydrogen-bond acceptors (Lipinski definition) is 2. The molecule has 0 fully saturated rings. The maximum atomic E-state index is 13.5. The van der Waals surface area contributed by atoms with Crippen LogP contribution in [0.4, 0.5) is 10.1 Å². The van der Waals surface area contributed by atoms with Gasteiger partial charge in [-0.3, -0.25) is 0 Å². The van der Waals surface area contributed by atoms with E-state index in [1.165, 1.54) is 12.1 Å². The third-order valence-corrected chi connectivity index (χ3v) is 1.92. The lowest BCUT2D eigenvalue weighted by Crippen LogP contribution is -2.08. The Morgan fingerprint density at radius 1 is 1.57 bits per heavy atom. The van der Waals surface area contributed by atoms with E-state index in [-0.39, 0.29) is 11.3 Å². The van der Waals surface area contributed by atoms with E-state index in [0.717, 1.165) is 0 Å². The standard InChI is InChI=1S/C10H12FNO2/c1-3-12-9-7(10(13)14)5-4-6(2)8(9)11/h4-5,12H,3H2,1-2H3,(H,13,14). The minimum absolute atomic E-state index is 0.0325. The van der Waals surface area contributed by atoms with Gasteiger partial charge in [0, 0.05) is 6.54 Å². The molecule has 0 radical (unpaired) electrons. The van der Waals surface area contributed by atoms with Crippen molar-refractivity contribution in [3.8, 4) is 0 Å². The maximum Gasteiger partial charge on any atom is 0.337 e. The van der Waals surface area contributed by atoms with Gasteiger partial charge in [0.15, 0.2) is 0 Å². The van der Waals surface area contributed by atoms with Gasteiger partial charge in [0.1, 0.15) is 5.82 Å². The number of nitrogens with one attached hydrogen (secondary N) is 1. The zero-order valence-electron chi connectivity index (χ0n) is 8.10. The smallest absolute Gasteiger partial charge is 0.337 e. The number of carboxylic acid groups (broad SMARTS) is 1. The summed E-state index contributed by atoms with van der Waals surface area (Å²) in [6, 6.07) is 2.86. The van der Waals surface area contributed by atoms with Crippen molar-refractivity contribution in [3.05, 3.63) is 29.1 Å². The van der Waals surface area contributed by atoms with Gasteiger partial charge >= 0.3 is 5.97 Å². The van der Waals surface area contributed by atoms with E-state index in [0.29, 0.717) is 12.1 Å². The summed E-state index contributed by atoms with van der Waals surface area (Å²) in [5.74, 6) is -1.62. The summed E-state index contributed by atoms with van der Waals surface area (Å²) in [5, 5.41) is 11.5. The molecule has 0 heterocycles. The maximum absolute atomic E-state index is 13.5. The fourth-order valence-corrected chi connectivity index (χ4v) is 1.21. The summed E-state index contributed by atoms with van der Waals surface area (Å²) in [6.07, 6.45) is 0. The van der Waals surface area contributed by atoms with Gasteiger partial charge < -0.3 is 10.4 Å². The molecular formula is C10H12FNO2. The van der Waals surface area contributed by atoms with Crippen molar-refractivity contribution in [2.45, 2.75) is 13.8 Å². The molecule has 0 aromatic heterocycles. The Hall–Kier alpha value is -1.58. The Balaban J connectivity index is 3.29. The lowest BCUT2D eigenvalue weighted by atomic mass is 10.1. The van der Waals surface area contributed by atoms with Gasteiger partial charge in [-0.2, -0.15) is 0 Å². The van der Waals surface area contributed by atoms with Crippen LogP contribution in [0.1, 0.15) is 22.8 Å². The van der Waals surface area contributed by atoms with Crippen LogP contribution < -0.4 is 5.32 Å². The highest BCUT2D eigenvalue weighted by atomic mass is 19.1. The Bertz CT molecular complexity index is 363. The van der Waals surface area contributed by atoms with Gasteiger partial charge in [-0.25, -0.2) is 9.18 Å². The van der Waals surface area contributed by atoms with E-state index in [1.807, 2.05) is 0 Å². The topological polar surface area (TPSA) is 49.3 Å². The van der Waals surface area contributed by atoms with Crippen molar-refractivity contribution >= 4 is 11.7 Å². The zero-order valence-corrected chi connectivity index (χ0v) is 8.10. The van der Waals surface area contributed by atoms with Crippen LogP contribution in [0.3, 0.4) is 0 Å². The van der Waals surface area contributed by atoms with Crippen LogP contribution in [0.25, 0.3) is 0 Å². The Labute approximate surface area is 81.6 Å². The number of anilines is 1. The number of benzene rings is 1. The summed E-state index contributed by atoms with van der Waals surface area (Å²) in [6.45, 7) is 3.87. The second-order valence-electron chi connectivity index (χ2n) is 2.95. The van der Waals surface area contributed by atoms with Crippen LogP contribution in [0, 0.1) is 12.7 Å². The molecule has 0 aliphatic heterocycles. The molecule has 0 saturated heterocycles. The molecule has 1 rings (SSSR count). The molecule has 0 atom stereocenters. The van der Waals surface area contributed by atoms with Crippen molar-refractivity contribution in [2.75, 3.05) is 11.9 Å². The molecule has 0 bridgehead atoms. The van der Waals surface area contributed by atoms with E-state index >= 15 is 0 Å². The summed E-state index contributed by atoms with van der Waals surface area (Å²) in [7, 11) is 0. The van der Waals surface area contributed by atoms with Crippen molar-refractivity contribution in [2.24, 2.45) is 0 Å². The van der Waals surface area contributed by atoms with E-state index in [1.54, 1.807) is 13.8 Å². The third-order valence-electron chi connectivity index (χ3n) is 1.92. The van der Waals surface area contributed by atoms with Crippen LogP contribution in [-0.2, 0) is 0 Å². The molecule has 0 amide bonds. The largest absolute Gasteiger partial charge is 0.478 e. The quantitative estimate of drug-likeness (QED) is 0.781. The molecule has 14 heavy (non-hydrogen) atoms. The van der Waals surface area contributed by atoms with Gasteiger partial charge in [0.25, 0.3) is 0 Å². The number of hydrogen-bond donors (Lipinski definition) is 2. The van der Waals surface area contributed by atoms with E-state index in [9.17, 15) is 9.18 Å². The lowest BCUT2D eigenvalue weighted by Gasteiger charge is -2.10. The molecule has 1 aromatic carbocycles. The van der Waals surface area contributed by atoms with E-state index in [2.05, 4.69) is 5.32 Å². The van der Waals surface area contributed by atoms with Gasteiger partial charge in [-0.1, -0.05) is 6.07 Å². The first-order valence-corrected chi connectivity index (χ1v) is 4.34. The first kappa shape index (κ1) is 10.5. The zero-order chi connectivity index (χ0) is 10.7. The van der Waals surface area contributed by atoms with Crippen molar-refractivity contribution in [1.82, 2.24) is 0 Å². The first-order valence-electron chi connectivity index (χ1n) is 4.34. The molecular weight excluding hydrogens is 185 g/mol. The highest BCUT2D eigenvalue weighted by Crippen LogP contribution is 2.22. The number of halogens is 1. The molecule has 76 valence electrons. The molecule has 4 heteroatoms. The average Bonchev–Trinajstić information content (AvgIpc) is 2.13. The minimum atomic E-state index is -1.13. The van der Waals surface area contributed by atoms with Gasteiger partial charge in [0.2, 0.25) is 0 Å². The first-order chi connectivity index (χ1) is 6.57. The third kappa shape index (κ3) is 1.84. The number of rotatable bonds is 3. The second kappa shape index (κ2) is 4.09. The van der Waals surface area contributed by atoms with Crippen LogP contribution in [0.2, 0.25) is 0 Å². The van der Waals surface area contributed by atoms with Crippen LogP contribution in [-0.4, -0.2) is 17.6 Å². The Kier molecular flexibility index (Phi) is 3.06. The number of aromatic carboxylic acids is 1. The van der Waals surface area contributed by atoms with Gasteiger partial charge in [0.05, 0.1) is 11.3 Å². The monoisotopic (exact) mass is 197 g/mol. The van der Waals surface area contributed by atoms with Gasteiger partial charge in [-0.05, 0) is 25.5 Å². The summed E-state index contributed by atoms with van der Waals surface area (Å²) in [5.41, 5.74) is 0.473. The normalized spacial score (nSPS) is 9.93. The van der Waals surface area contributed by atoms with E-state index in [4.69, 9.17) is 5.11 Å². The van der Waals surface area contributed by atoms with Crippen molar-refractivity contribution in [1.29, 1.82) is 0 Å². The average molecular weight is 197 g/mol. The lowest BCUT2D eigenvalue weighted by molar-refractivity contribution is 0.0697. The van der Waals surface area contributed by atoms with Crippen LogP contribution in [0.5, 0.6) is 0 Å². The van der Waals surface area contributed by atoms with Crippen molar-refractivity contribution < 1.29 is 14.3 Å². The predicted octanol–water partition coefficient (Wildman–Crippen LogP) is 2.26. The number of carbonyl (C=O) groups is 1. The number of carboxylic acids is 1. The molecule has 0 spiro atoms. The highest BCUT2D eigenvalue weighted by molar-refractivity contribution is 5.94. The minimum Gasteiger partial charge on any atom is -0.478 e. The second-order valence-corrected chi connectivity index (χ2v) is 2.95. The SMILES string of the molecule is CCNc1c(C(=O)O)ccc(C)c1F. The molecule has 0 aliphatic carbocycles. The fraction of sp³-hybridized carbons (Fsp3) is 0.300. The molecule has 0 aliphatic rings. The molecule has 0 unspecified atom stereocenters. The van der Waals surface area contributed by atoms with Crippen LogP contribution in [0.15, 0.2) is 12.1 Å². The van der Waals surface area contributed by atoms with E-state index < -0.39 is 11.8 Å². The Morgan fingerprint density at radius 3 is 2.71 bits per heavy atom. The number of aryl methyl sites for hydroxylation is 1. The summed E-state index contributed by atoms with van der Waals surface area (Å²) >= 11 is 0. The van der Waals surface area contributed by atoms with Crippen LogP contribution >= 0.6 is 0 Å². The molecule has 3 nitrogen and oxygen atoms in total. The summed E-state index contributed by atoms with van der Waals surface area (Å²) in [4.78, 5) is 10.8. The predicted molar refractivity (Wildman–Crippen MR) is 52.3 cm³/mol. The Morgan fingerprint density at radius 2 is 2.21 bits per heavy atom. The molecule has 0 saturated carbocycles. The summed E-state index contributed by atoms with van der Waals surface area (Å²) < 4.78 is 13.5. The van der Waals surface area contributed by atoms with Gasteiger partial charge in [-0.15, -0.1) is 0 Å². The van der Waals surface area contributed by atoms with Crippen molar-refractivity contribution in [3.63, 3.8) is 0 Å². The fourth-order valence-electron chi connectivity index (χ4n) is 1.21.